The lowest BCUT2D eigenvalue weighted by molar-refractivity contribution is 0.777. The third-order valence-corrected chi connectivity index (χ3v) is 3.19. The van der Waals surface area contributed by atoms with Crippen molar-refractivity contribution in [2.75, 3.05) is 0 Å². The maximum Gasteiger partial charge on any atom is 0.0569 e. The van der Waals surface area contributed by atoms with Gasteiger partial charge in [0, 0.05) is 22.0 Å². The van der Waals surface area contributed by atoms with Gasteiger partial charge in [-0.15, -0.1) is 0 Å². The number of nitrogens with two attached hydrogens (primary N) is 1. The number of nitrogens with zero attached hydrogens (tertiary/aromatic N) is 1. The molecule has 0 radical (unpaired) electrons. The molecule has 0 spiro atoms. The zero-order valence-corrected chi connectivity index (χ0v) is 9.95. The summed E-state index contributed by atoms with van der Waals surface area (Å²) >= 11 is 1.70. The predicted octanol–water partition coefficient (Wildman–Crippen LogP) is 3.25. The first-order valence-electron chi connectivity index (χ1n) is 5.20. The normalized spacial score (nSPS) is 12.4. The number of pyridine rings is 1. The number of benzene rings is 1. The highest BCUT2D eigenvalue weighted by Gasteiger charge is 2.01. The Morgan fingerprint density at radius 2 is 1.81 bits per heavy atom. The van der Waals surface area contributed by atoms with Gasteiger partial charge in [-0.2, -0.15) is 0 Å². The highest BCUT2D eigenvalue weighted by Crippen LogP contribution is 2.26. The first kappa shape index (κ1) is 11.2. The fourth-order valence-corrected chi connectivity index (χ4v) is 2.15. The molecular formula is C13H14N2S. The van der Waals surface area contributed by atoms with E-state index in [4.69, 9.17) is 5.73 Å². The van der Waals surface area contributed by atoms with Crippen molar-refractivity contribution >= 4 is 11.8 Å². The van der Waals surface area contributed by atoms with Gasteiger partial charge >= 0.3 is 0 Å². The van der Waals surface area contributed by atoms with Crippen LogP contribution in [-0.4, -0.2) is 4.98 Å². The maximum absolute atomic E-state index is 5.75. The van der Waals surface area contributed by atoms with E-state index >= 15 is 0 Å². The molecule has 2 aromatic rings. The maximum atomic E-state index is 5.75. The van der Waals surface area contributed by atoms with Crippen LogP contribution >= 0.6 is 11.8 Å². The first-order valence-corrected chi connectivity index (χ1v) is 6.02. The summed E-state index contributed by atoms with van der Waals surface area (Å²) in [5.41, 5.74) is 6.68. The van der Waals surface area contributed by atoms with Gasteiger partial charge in [-0.25, -0.2) is 0 Å². The van der Waals surface area contributed by atoms with Gasteiger partial charge in [-0.1, -0.05) is 30.0 Å². The molecule has 2 N–H and O–H groups in total. The minimum absolute atomic E-state index is 0.00391. The molecule has 0 fully saturated rings. The zero-order chi connectivity index (χ0) is 11.4. The van der Waals surface area contributed by atoms with Gasteiger partial charge in [0.1, 0.15) is 0 Å². The predicted molar refractivity (Wildman–Crippen MR) is 67.4 cm³/mol. The van der Waals surface area contributed by atoms with Crippen molar-refractivity contribution in [3.63, 3.8) is 0 Å². The number of hydrogen-bond acceptors (Lipinski definition) is 3. The Labute approximate surface area is 99.9 Å². The fraction of sp³-hybridized carbons (Fsp3) is 0.154. The van der Waals surface area contributed by atoms with Crippen LogP contribution in [0.2, 0.25) is 0 Å². The summed E-state index contributed by atoms with van der Waals surface area (Å²) in [4.78, 5) is 6.68. The zero-order valence-electron chi connectivity index (χ0n) is 9.13. The Morgan fingerprint density at radius 3 is 2.38 bits per heavy atom. The van der Waals surface area contributed by atoms with E-state index in [0.29, 0.717) is 0 Å². The van der Waals surface area contributed by atoms with Crippen LogP contribution < -0.4 is 5.73 Å². The SMILES string of the molecule is C[C@H](N)c1ccc(Sc2ccccc2)cn1. The molecule has 16 heavy (non-hydrogen) atoms. The third kappa shape index (κ3) is 2.84. The fourth-order valence-electron chi connectivity index (χ4n) is 1.35. The summed E-state index contributed by atoms with van der Waals surface area (Å²) in [5, 5.41) is 0. The molecule has 0 aliphatic heterocycles. The Balaban J connectivity index is 2.11. The third-order valence-electron chi connectivity index (χ3n) is 2.20. The second-order valence-electron chi connectivity index (χ2n) is 3.62. The molecule has 0 aliphatic rings. The van der Waals surface area contributed by atoms with Gasteiger partial charge in [0.2, 0.25) is 0 Å². The first-order chi connectivity index (χ1) is 7.75. The van der Waals surface area contributed by atoms with Crippen LogP contribution in [0.3, 0.4) is 0 Å². The Hall–Kier alpha value is -1.32. The Kier molecular flexibility index (Phi) is 3.59. The van der Waals surface area contributed by atoms with Crippen molar-refractivity contribution in [2.45, 2.75) is 22.8 Å². The largest absolute Gasteiger partial charge is 0.323 e. The molecule has 0 aliphatic carbocycles. The van der Waals surface area contributed by atoms with Gasteiger partial charge in [0.15, 0.2) is 0 Å². The lowest BCUT2D eigenvalue weighted by Crippen LogP contribution is -2.06. The van der Waals surface area contributed by atoms with Crippen molar-refractivity contribution in [3.8, 4) is 0 Å². The molecule has 1 atom stereocenters. The Morgan fingerprint density at radius 1 is 1.06 bits per heavy atom. The Bertz CT molecular complexity index is 437. The summed E-state index contributed by atoms with van der Waals surface area (Å²) in [6.07, 6.45) is 1.87. The average Bonchev–Trinajstić information content (AvgIpc) is 2.31. The molecule has 1 aromatic heterocycles. The summed E-state index contributed by atoms with van der Waals surface area (Å²) in [6.45, 7) is 1.94. The van der Waals surface area contributed by atoms with Crippen LogP contribution in [0, 0.1) is 0 Å². The summed E-state index contributed by atoms with van der Waals surface area (Å²) in [5.74, 6) is 0. The monoisotopic (exact) mass is 230 g/mol. The van der Waals surface area contributed by atoms with E-state index in [0.717, 1.165) is 10.6 Å². The smallest absolute Gasteiger partial charge is 0.0569 e. The van der Waals surface area contributed by atoms with Gasteiger partial charge in [-0.3, -0.25) is 4.98 Å². The van der Waals surface area contributed by atoms with E-state index < -0.39 is 0 Å². The highest BCUT2D eigenvalue weighted by atomic mass is 32.2. The molecule has 2 rings (SSSR count). The molecule has 0 unspecified atom stereocenters. The van der Waals surface area contributed by atoms with Crippen molar-refractivity contribution < 1.29 is 0 Å². The minimum atomic E-state index is -0.00391. The quantitative estimate of drug-likeness (QED) is 0.879. The second kappa shape index (κ2) is 5.14. The van der Waals surface area contributed by atoms with Gasteiger partial charge in [-0.05, 0) is 31.2 Å². The highest BCUT2D eigenvalue weighted by molar-refractivity contribution is 7.99. The summed E-state index contributed by atoms with van der Waals surface area (Å²) in [7, 11) is 0. The minimum Gasteiger partial charge on any atom is -0.323 e. The molecule has 0 saturated carbocycles. The van der Waals surface area contributed by atoms with Crippen LogP contribution in [0.25, 0.3) is 0 Å². The van der Waals surface area contributed by atoms with E-state index in [1.807, 2.05) is 37.4 Å². The van der Waals surface area contributed by atoms with Crippen LogP contribution in [-0.2, 0) is 0 Å². The number of hydrogen-bond donors (Lipinski definition) is 1. The standard InChI is InChI=1S/C13H14N2S/c1-10(14)13-8-7-12(9-15-13)16-11-5-3-2-4-6-11/h2-10H,14H2,1H3/t10-/m0/s1. The van der Waals surface area contributed by atoms with Crippen molar-refractivity contribution in [2.24, 2.45) is 5.73 Å². The molecule has 0 saturated heterocycles. The van der Waals surface area contributed by atoms with E-state index in [1.54, 1.807) is 11.8 Å². The molecular weight excluding hydrogens is 216 g/mol. The number of aromatic nitrogens is 1. The molecule has 0 amide bonds. The van der Waals surface area contributed by atoms with Crippen molar-refractivity contribution in [1.29, 1.82) is 0 Å². The lowest BCUT2D eigenvalue weighted by Gasteiger charge is -2.05. The van der Waals surface area contributed by atoms with Gasteiger partial charge in [0.05, 0.1) is 5.69 Å². The van der Waals surface area contributed by atoms with Gasteiger partial charge < -0.3 is 5.73 Å². The van der Waals surface area contributed by atoms with E-state index in [-0.39, 0.29) is 6.04 Å². The second-order valence-corrected chi connectivity index (χ2v) is 4.77. The van der Waals surface area contributed by atoms with Crippen LogP contribution in [0.4, 0.5) is 0 Å². The summed E-state index contributed by atoms with van der Waals surface area (Å²) < 4.78 is 0. The van der Waals surface area contributed by atoms with Crippen molar-refractivity contribution in [3.05, 3.63) is 54.4 Å². The average molecular weight is 230 g/mol. The molecule has 1 aromatic carbocycles. The van der Waals surface area contributed by atoms with Crippen LogP contribution in [0.1, 0.15) is 18.7 Å². The molecule has 1 heterocycles. The van der Waals surface area contributed by atoms with E-state index in [2.05, 4.69) is 23.2 Å². The van der Waals surface area contributed by atoms with Crippen LogP contribution in [0.5, 0.6) is 0 Å². The molecule has 3 heteroatoms. The van der Waals surface area contributed by atoms with Crippen LogP contribution in [0.15, 0.2) is 58.5 Å². The molecule has 2 nitrogen and oxygen atoms in total. The van der Waals surface area contributed by atoms with Gasteiger partial charge in [0.25, 0.3) is 0 Å². The van der Waals surface area contributed by atoms with Crippen molar-refractivity contribution in [1.82, 2.24) is 4.98 Å². The number of rotatable bonds is 3. The summed E-state index contributed by atoms with van der Waals surface area (Å²) in [6, 6.07) is 14.3. The molecule has 82 valence electrons. The topological polar surface area (TPSA) is 38.9 Å². The lowest BCUT2D eigenvalue weighted by atomic mass is 10.2. The molecule has 0 bridgehead atoms. The van der Waals surface area contributed by atoms with E-state index in [1.165, 1.54) is 4.90 Å². The van der Waals surface area contributed by atoms with E-state index in [9.17, 15) is 0 Å².